The van der Waals surface area contributed by atoms with E-state index in [1.54, 1.807) is 0 Å². The second kappa shape index (κ2) is 5.93. The van der Waals surface area contributed by atoms with Gasteiger partial charge in [0.1, 0.15) is 0 Å². The fraction of sp³-hybridized carbons (Fsp3) is 0.500. The Kier molecular flexibility index (Phi) is 4.27. The quantitative estimate of drug-likeness (QED) is 0.333. The fourth-order valence-electron chi connectivity index (χ4n) is 2.54. The van der Waals surface area contributed by atoms with Gasteiger partial charge in [-0.3, -0.25) is 0 Å². The number of anilines is 1. The van der Waals surface area contributed by atoms with Gasteiger partial charge in [-0.1, -0.05) is 5.16 Å². The molecular weight excluding hydrogens is 242 g/mol. The Bertz CT molecular complexity index is 435. The van der Waals surface area contributed by atoms with Crippen LogP contribution in [0.25, 0.3) is 0 Å². The van der Waals surface area contributed by atoms with E-state index >= 15 is 0 Å². The minimum Gasteiger partial charge on any atom is -0.409 e. The third kappa shape index (κ3) is 3.17. The SMILES string of the molecule is CC(O)C1CCN(c2ccc(/C(N)=N/O)cc2)CC1. The lowest BCUT2D eigenvalue weighted by Crippen LogP contribution is -2.37. The van der Waals surface area contributed by atoms with E-state index in [0.29, 0.717) is 11.5 Å². The van der Waals surface area contributed by atoms with Crippen molar-refractivity contribution in [3.8, 4) is 0 Å². The van der Waals surface area contributed by atoms with Gasteiger partial charge in [-0.05, 0) is 49.9 Å². The summed E-state index contributed by atoms with van der Waals surface area (Å²) in [7, 11) is 0. The Morgan fingerprint density at radius 1 is 1.32 bits per heavy atom. The molecule has 1 aromatic carbocycles. The number of oxime groups is 1. The van der Waals surface area contributed by atoms with Crippen LogP contribution < -0.4 is 10.6 Å². The summed E-state index contributed by atoms with van der Waals surface area (Å²) in [5.41, 5.74) is 7.38. The van der Waals surface area contributed by atoms with Crippen molar-refractivity contribution in [2.24, 2.45) is 16.8 Å². The molecule has 1 aliphatic heterocycles. The Hall–Kier alpha value is -1.75. The molecule has 0 aromatic heterocycles. The van der Waals surface area contributed by atoms with Gasteiger partial charge in [0.15, 0.2) is 5.84 Å². The lowest BCUT2D eigenvalue weighted by atomic mass is 9.92. The van der Waals surface area contributed by atoms with Gasteiger partial charge in [-0.25, -0.2) is 0 Å². The zero-order chi connectivity index (χ0) is 13.8. The largest absolute Gasteiger partial charge is 0.409 e. The van der Waals surface area contributed by atoms with E-state index in [9.17, 15) is 5.11 Å². The van der Waals surface area contributed by atoms with Gasteiger partial charge in [0, 0.05) is 24.3 Å². The number of benzene rings is 1. The van der Waals surface area contributed by atoms with E-state index in [0.717, 1.165) is 31.6 Å². The monoisotopic (exact) mass is 263 g/mol. The molecule has 0 aliphatic carbocycles. The molecule has 104 valence electrons. The van der Waals surface area contributed by atoms with Crippen molar-refractivity contribution in [1.29, 1.82) is 0 Å². The molecule has 1 fully saturated rings. The van der Waals surface area contributed by atoms with Crippen LogP contribution in [-0.4, -0.2) is 35.3 Å². The van der Waals surface area contributed by atoms with Crippen LogP contribution in [0.4, 0.5) is 5.69 Å². The van der Waals surface area contributed by atoms with Crippen LogP contribution in [0.15, 0.2) is 29.4 Å². The molecule has 4 N–H and O–H groups in total. The highest BCUT2D eigenvalue weighted by atomic mass is 16.4. The van der Waals surface area contributed by atoms with Crippen LogP contribution in [0.2, 0.25) is 0 Å². The first-order valence-corrected chi connectivity index (χ1v) is 6.63. The Labute approximate surface area is 113 Å². The van der Waals surface area contributed by atoms with E-state index in [1.165, 1.54) is 0 Å². The second-order valence-corrected chi connectivity index (χ2v) is 5.10. The van der Waals surface area contributed by atoms with Crippen molar-refractivity contribution in [2.45, 2.75) is 25.9 Å². The lowest BCUT2D eigenvalue weighted by molar-refractivity contribution is 0.110. The van der Waals surface area contributed by atoms with Crippen LogP contribution in [-0.2, 0) is 0 Å². The first kappa shape index (κ1) is 13.7. The van der Waals surface area contributed by atoms with Crippen molar-refractivity contribution < 1.29 is 10.3 Å². The second-order valence-electron chi connectivity index (χ2n) is 5.10. The van der Waals surface area contributed by atoms with Crippen molar-refractivity contribution in [1.82, 2.24) is 0 Å². The van der Waals surface area contributed by atoms with E-state index in [-0.39, 0.29) is 11.9 Å². The standard InChI is InChI=1S/C14H21N3O2/c1-10(18)11-6-8-17(9-7-11)13-4-2-12(3-5-13)14(15)16-19/h2-5,10-11,18-19H,6-9H2,1H3,(H2,15,16). The number of hydrogen-bond acceptors (Lipinski definition) is 4. The minimum absolute atomic E-state index is 0.124. The maximum atomic E-state index is 9.59. The molecule has 19 heavy (non-hydrogen) atoms. The number of piperidine rings is 1. The zero-order valence-corrected chi connectivity index (χ0v) is 11.2. The molecule has 0 bridgehead atoms. The summed E-state index contributed by atoms with van der Waals surface area (Å²) < 4.78 is 0. The average Bonchev–Trinajstić information content (AvgIpc) is 2.46. The summed E-state index contributed by atoms with van der Waals surface area (Å²) in [5, 5.41) is 21.2. The summed E-state index contributed by atoms with van der Waals surface area (Å²) in [5.74, 6) is 0.534. The molecule has 0 radical (unpaired) electrons. The molecule has 1 unspecified atom stereocenters. The fourth-order valence-corrected chi connectivity index (χ4v) is 2.54. The molecule has 1 atom stereocenters. The number of rotatable bonds is 3. The van der Waals surface area contributed by atoms with E-state index in [2.05, 4.69) is 10.1 Å². The smallest absolute Gasteiger partial charge is 0.170 e. The molecule has 2 rings (SSSR count). The molecule has 1 saturated heterocycles. The predicted molar refractivity (Wildman–Crippen MR) is 75.6 cm³/mol. The zero-order valence-electron chi connectivity index (χ0n) is 11.2. The van der Waals surface area contributed by atoms with Crippen LogP contribution in [0, 0.1) is 5.92 Å². The Morgan fingerprint density at radius 3 is 2.37 bits per heavy atom. The van der Waals surface area contributed by atoms with Crippen molar-refractivity contribution >= 4 is 11.5 Å². The normalized spacial score (nSPS) is 19.5. The summed E-state index contributed by atoms with van der Waals surface area (Å²) in [6.45, 7) is 3.78. The summed E-state index contributed by atoms with van der Waals surface area (Å²) in [6, 6.07) is 7.67. The van der Waals surface area contributed by atoms with Gasteiger partial charge in [-0.2, -0.15) is 0 Å². The Balaban J connectivity index is 2.00. The summed E-state index contributed by atoms with van der Waals surface area (Å²) in [4.78, 5) is 2.30. The summed E-state index contributed by atoms with van der Waals surface area (Å²) in [6.07, 6.45) is 1.81. The molecule has 1 heterocycles. The molecule has 5 heteroatoms. The first-order chi connectivity index (χ1) is 9.11. The highest BCUT2D eigenvalue weighted by molar-refractivity contribution is 5.97. The predicted octanol–water partition coefficient (Wildman–Crippen LogP) is 1.38. The number of hydrogen-bond donors (Lipinski definition) is 3. The first-order valence-electron chi connectivity index (χ1n) is 6.63. The van der Waals surface area contributed by atoms with Crippen molar-refractivity contribution in [2.75, 3.05) is 18.0 Å². The third-order valence-corrected chi connectivity index (χ3v) is 3.86. The third-order valence-electron chi connectivity index (χ3n) is 3.86. The molecule has 0 spiro atoms. The number of amidine groups is 1. The average molecular weight is 263 g/mol. The van der Waals surface area contributed by atoms with E-state index in [4.69, 9.17) is 10.9 Å². The van der Waals surface area contributed by atoms with Crippen LogP contribution in [0.1, 0.15) is 25.3 Å². The maximum Gasteiger partial charge on any atom is 0.170 e. The Morgan fingerprint density at radius 2 is 1.89 bits per heavy atom. The van der Waals surface area contributed by atoms with Crippen LogP contribution >= 0.6 is 0 Å². The van der Waals surface area contributed by atoms with Crippen LogP contribution in [0.3, 0.4) is 0 Å². The molecule has 1 aliphatic rings. The van der Waals surface area contributed by atoms with Gasteiger partial charge in [0.2, 0.25) is 0 Å². The number of nitrogens with zero attached hydrogens (tertiary/aromatic N) is 2. The van der Waals surface area contributed by atoms with Crippen molar-refractivity contribution in [3.05, 3.63) is 29.8 Å². The highest BCUT2D eigenvalue weighted by Crippen LogP contribution is 2.25. The number of aliphatic hydroxyl groups is 1. The van der Waals surface area contributed by atoms with Gasteiger partial charge in [0.25, 0.3) is 0 Å². The number of nitrogens with two attached hydrogens (primary N) is 1. The molecule has 5 nitrogen and oxygen atoms in total. The maximum absolute atomic E-state index is 9.59. The molecule has 1 aromatic rings. The van der Waals surface area contributed by atoms with Gasteiger partial charge < -0.3 is 20.9 Å². The van der Waals surface area contributed by atoms with Crippen molar-refractivity contribution in [3.63, 3.8) is 0 Å². The van der Waals surface area contributed by atoms with Gasteiger partial charge >= 0.3 is 0 Å². The van der Waals surface area contributed by atoms with Gasteiger partial charge in [-0.15, -0.1) is 0 Å². The van der Waals surface area contributed by atoms with Gasteiger partial charge in [0.05, 0.1) is 6.10 Å². The topological polar surface area (TPSA) is 82.1 Å². The van der Waals surface area contributed by atoms with Crippen LogP contribution in [0.5, 0.6) is 0 Å². The lowest BCUT2D eigenvalue weighted by Gasteiger charge is -2.34. The molecular formula is C14H21N3O2. The molecule has 0 amide bonds. The number of aliphatic hydroxyl groups excluding tert-OH is 1. The highest BCUT2D eigenvalue weighted by Gasteiger charge is 2.22. The van der Waals surface area contributed by atoms with E-state index < -0.39 is 0 Å². The minimum atomic E-state index is -0.218. The summed E-state index contributed by atoms with van der Waals surface area (Å²) >= 11 is 0. The van der Waals surface area contributed by atoms with E-state index in [1.807, 2.05) is 31.2 Å². The molecule has 0 saturated carbocycles.